The predicted molar refractivity (Wildman–Crippen MR) is 95.1 cm³/mol. The lowest BCUT2D eigenvalue weighted by molar-refractivity contribution is -0.130. The summed E-state index contributed by atoms with van der Waals surface area (Å²) in [5.74, 6) is -2.00. The van der Waals surface area contributed by atoms with Gasteiger partial charge in [-0.1, -0.05) is 43.6 Å². The molecule has 2 aromatic rings. The van der Waals surface area contributed by atoms with E-state index in [2.05, 4.69) is 5.10 Å². The van der Waals surface area contributed by atoms with E-state index in [0.717, 1.165) is 0 Å². The van der Waals surface area contributed by atoms with Gasteiger partial charge in [-0.05, 0) is 25.0 Å². The highest BCUT2D eigenvalue weighted by Crippen LogP contribution is 2.25. The van der Waals surface area contributed by atoms with Crippen LogP contribution in [0.3, 0.4) is 0 Å². The van der Waals surface area contributed by atoms with Crippen LogP contribution in [0.15, 0.2) is 30.3 Å². The first-order valence-electron chi connectivity index (χ1n) is 7.84. The molecule has 3 N–H and O–H groups in total. The first-order valence-corrected chi connectivity index (χ1v) is 8.22. The molecule has 2 rings (SSSR count). The summed E-state index contributed by atoms with van der Waals surface area (Å²) in [4.78, 5) is 35.5. The van der Waals surface area contributed by atoms with Crippen molar-refractivity contribution in [3.05, 3.63) is 46.7 Å². The van der Waals surface area contributed by atoms with Gasteiger partial charge in [-0.2, -0.15) is 5.10 Å². The number of hydrogen-bond acceptors (Lipinski definition) is 5. The van der Waals surface area contributed by atoms with Crippen molar-refractivity contribution in [2.24, 2.45) is 11.7 Å². The number of aryl methyl sites for hydroxylation is 1. The summed E-state index contributed by atoms with van der Waals surface area (Å²) >= 11 is 6.31. The Balaban J connectivity index is 2.30. The molecular weight excluding hydrogens is 360 g/mol. The molecule has 3 amide bonds. The van der Waals surface area contributed by atoms with Gasteiger partial charge in [0, 0.05) is 0 Å². The largest absolute Gasteiger partial charge is 0.448 e. The van der Waals surface area contributed by atoms with Crippen LogP contribution < -0.4 is 11.1 Å². The van der Waals surface area contributed by atoms with Crippen LogP contribution in [0.4, 0.5) is 4.79 Å². The molecule has 0 aliphatic carbocycles. The summed E-state index contributed by atoms with van der Waals surface area (Å²) in [6.07, 6.45) is -1.20. The fourth-order valence-corrected chi connectivity index (χ4v) is 2.68. The number of rotatable bonds is 5. The molecule has 1 atom stereocenters. The summed E-state index contributed by atoms with van der Waals surface area (Å²) in [6, 6.07) is 8.00. The minimum atomic E-state index is -1.20. The molecule has 1 aromatic carbocycles. The Morgan fingerprint density at radius 2 is 1.85 bits per heavy atom. The highest BCUT2D eigenvalue weighted by molar-refractivity contribution is 6.33. The van der Waals surface area contributed by atoms with E-state index in [-0.39, 0.29) is 16.6 Å². The van der Waals surface area contributed by atoms with Crippen molar-refractivity contribution in [2.45, 2.75) is 26.9 Å². The van der Waals surface area contributed by atoms with E-state index in [9.17, 15) is 14.4 Å². The number of imide groups is 1. The van der Waals surface area contributed by atoms with E-state index >= 15 is 0 Å². The Hall–Kier alpha value is -2.87. The number of amides is 3. The Labute approximate surface area is 155 Å². The number of nitrogens with one attached hydrogen (secondary N) is 1. The molecule has 1 aromatic heterocycles. The molecule has 8 nitrogen and oxygen atoms in total. The molecule has 0 unspecified atom stereocenters. The molecule has 0 spiro atoms. The average Bonchev–Trinajstić information content (AvgIpc) is 2.87. The molecule has 1 heterocycles. The summed E-state index contributed by atoms with van der Waals surface area (Å²) in [5.41, 5.74) is 6.01. The topological polar surface area (TPSA) is 116 Å². The Kier molecular flexibility index (Phi) is 5.99. The van der Waals surface area contributed by atoms with Gasteiger partial charge in [-0.15, -0.1) is 0 Å². The molecule has 0 aliphatic rings. The molecule has 0 saturated heterocycles. The van der Waals surface area contributed by atoms with E-state index in [1.54, 1.807) is 32.9 Å². The fourth-order valence-electron chi connectivity index (χ4n) is 2.33. The standard InChI is InChI=1S/C17H19ClN4O4/c1-9(2)13(15(23)20-17(19)25)26-16(24)12-10(3)21-22(14(12)18)11-7-5-4-6-8-11/h4-9,13H,1-3H3,(H3,19,20,23,25)/t13-/m1/s1. The number of carbonyl (C=O) groups excluding carboxylic acids is 3. The quantitative estimate of drug-likeness (QED) is 0.773. The second-order valence-electron chi connectivity index (χ2n) is 5.92. The maximum Gasteiger partial charge on any atom is 0.344 e. The number of halogens is 1. The maximum absolute atomic E-state index is 12.6. The molecule has 0 radical (unpaired) electrons. The van der Waals surface area contributed by atoms with Gasteiger partial charge in [0.1, 0.15) is 10.7 Å². The van der Waals surface area contributed by atoms with Gasteiger partial charge >= 0.3 is 12.0 Å². The van der Waals surface area contributed by atoms with E-state index in [1.807, 2.05) is 23.5 Å². The Morgan fingerprint density at radius 3 is 2.38 bits per heavy atom. The molecule has 26 heavy (non-hydrogen) atoms. The zero-order chi connectivity index (χ0) is 19.4. The van der Waals surface area contributed by atoms with E-state index in [4.69, 9.17) is 22.1 Å². The molecule has 0 aliphatic heterocycles. The minimum absolute atomic E-state index is 0.0491. The summed E-state index contributed by atoms with van der Waals surface area (Å²) < 4.78 is 6.68. The summed E-state index contributed by atoms with van der Waals surface area (Å²) in [7, 11) is 0. The number of ether oxygens (including phenoxy) is 1. The smallest absolute Gasteiger partial charge is 0.344 e. The number of aromatic nitrogens is 2. The Bertz CT molecular complexity index is 833. The molecule has 0 bridgehead atoms. The zero-order valence-corrected chi connectivity index (χ0v) is 15.3. The highest BCUT2D eigenvalue weighted by atomic mass is 35.5. The van der Waals surface area contributed by atoms with E-state index in [1.165, 1.54) is 4.68 Å². The van der Waals surface area contributed by atoms with Crippen LogP contribution >= 0.6 is 11.6 Å². The monoisotopic (exact) mass is 378 g/mol. The molecule has 9 heteroatoms. The van der Waals surface area contributed by atoms with Crippen LogP contribution in [0, 0.1) is 12.8 Å². The molecule has 0 saturated carbocycles. The zero-order valence-electron chi connectivity index (χ0n) is 14.5. The van der Waals surface area contributed by atoms with Crippen LogP contribution in [-0.4, -0.2) is 33.8 Å². The van der Waals surface area contributed by atoms with Crippen molar-refractivity contribution in [1.82, 2.24) is 15.1 Å². The van der Waals surface area contributed by atoms with Gasteiger partial charge in [0.25, 0.3) is 5.91 Å². The number of benzene rings is 1. The number of para-hydroxylation sites is 1. The van der Waals surface area contributed by atoms with Gasteiger partial charge in [-0.3, -0.25) is 10.1 Å². The van der Waals surface area contributed by atoms with Crippen molar-refractivity contribution < 1.29 is 19.1 Å². The highest BCUT2D eigenvalue weighted by Gasteiger charge is 2.31. The third kappa shape index (κ3) is 4.20. The molecule has 138 valence electrons. The second kappa shape index (κ2) is 8.01. The summed E-state index contributed by atoms with van der Waals surface area (Å²) in [5, 5.41) is 6.23. The number of nitrogens with zero attached hydrogens (tertiary/aromatic N) is 2. The number of nitrogens with two attached hydrogens (primary N) is 1. The van der Waals surface area contributed by atoms with Crippen molar-refractivity contribution >= 4 is 29.5 Å². The van der Waals surface area contributed by atoms with Gasteiger partial charge in [0.05, 0.1) is 11.4 Å². The number of urea groups is 1. The van der Waals surface area contributed by atoms with Crippen molar-refractivity contribution in [3.63, 3.8) is 0 Å². The predicted octanol–water partition coefficient (Wildman–Crippen LogP) is 2.21. The molecule has 0 fully saturated rings. The first kappa shape index (κ1) is 19.5. The third-order valence-corrected chi connectivity index (χ3v) is 3.90. The summed E-state index contributed by atoms with van der Waals surface area (Å²) in [6.45, 7) is 4.94. The number of primary amides is 1. The van der Waals surface area contributed by atoms with Crippen LogP contribution in [0.1, 0.15) is 29.9 Å². The van der Waals surface area contributed by atoms with Crippen molar-refractivity contribution in [1.29, 1.82) is 0 Å². The average molecular weight is 379 g/mol. The lowest BCUT2D eigenvalue weighted by Gasteiger charge is -2.19. The van der Waals surface area contributed by atoms with Crippen molar-refractivity contribution in [3.8, 4) is 5.69 Å². The van der Waals surface area contributed by atoms with E-state index in [0.29, 0.717) is 11.4 Å². The van der Waals surface area contributed by atoms with Crippen LogP contribution in [0.2, 0.25) is 5.15 Å². The Morgan fingerprint density at radius 1 is 1.23 bits per heavy atom. The van der Waals surface area contributed by atoms with E-state index < -0.39 is 24.0 Å². The normalized spacial score (nSPS) is 11.9. The fraction of sp³-hybridized carbons (Fsp3) is 0.294. The first-order chi connectivity index (χ1) is 12.2. The number of hydrogen-bond donors (Lipinski definition) is 2. The van der Waals surface area contributed by atoms with Crippen LogP contribution in [0.25, 0.3) is 5.69 Å². The van der Waals surface area contributed by atoms with Gasteiger partial charge in [0.2, 0.25) is 0 Å². The van der Waals surface area contributed by atoms with Gasteiger partial charge < -0.3 is 10.5 Å². The maximum atomic E-state index is 12.6. The SMILES string of the molecule is Cc1nn(-c2ccccc2)c(Cl)c1C(=O)O[C@@H](C(=O)NC(N)=O)C(C)C. The minimum Gasteiger partial charge on any atom is -0.448 e. The number of esters is 1. The number of carbonyl (C=O) groups is 3. The van der Waals surface area contributed by atoms with Gasteiger partial charge in [-0.25, -0.2) is 14.3 Å². The van der Waals surface area contributed by atoms with Gasteiger partial charge in [0.15, 0.2) is 6.10 Å². The van der Waals surface area contributed by atoms with Crippen molar-refractivity contribution in [2.75, 3.05) is 0 Å². The lowest BCUT2D eigenvalue weighted by Crippen LogP contribution is -2.45. The third-order valence-electron chi connectivity index (χ3n) is 3.55. The molecular formula is C17H19ClN4O4. The lowest BCUT2D eigenvalue weighted by atomic mass is 10.1. The second-order valence-corrected chi connectivity index (χ2v) is 6.28. The van der Waals surface area contributed by atoms with Crippen LogP contribution in [0.5, 0.6) is 0 Å². The van der Waals surface area contributed by atoms with Crippen LogP contribution in [-0.2, 0) is 9.53 Å².